The summed E-state index contributed by atoms with van der Waals surface area (Å²) < 4.78 is 0. The lowest BCUT2D eigenvalue weighted by atomic mass is 10.2. The van der Waals surface area contributed by atoms with Crippen molar-refractivity contribution in [3.05, 3.63) is 42.0 Å². The van der Waals surface area contributed by atoms with Gasteiger partial charge >= 0.3 is 0 Å². The summed E-state index contributed by atoms with van der Waals surface area (Å²) in [6.45, 7) is 2.66. The molecule has 5 nitrogen and oxygen atoms in total. The second-order valence-electron chi connectivity index (χ2n) is 3.70. The van der Waals surface area contributed by atoms with E-state index in [0.29, 0.717) is 6.54 Å². The Labute approximate surface area is 100 Å². The molecule has 17 heavy (non-hydrogen) atoms. The molecule has 0 spiro atoms. The first kappa shape index (κ1) is 11.3. The Bertz CT molecular complexity index is 481. The summed E-state index contributed by atoms with van der Waals surface area (Å²) in [4.78, 5) is 12.6. The lowest BCUT2D eigenvalue weighted by Gasteiger charge is -2.06. The van der Waals surface area contributed by atoms with Crippen molar-refractivity contribution < 1.29 is 0 Å². The first-order valence-corrected chi connectivity index (χ1v) is 5.43. The summed E-state index contributed by atoms with van der Waals surface area (Å²) in [5.41, 5.74) is 2.14. The summed E-state index contributed by atoms with van der Waals surface area (Å²) >= 11 is 0. The van der Waals surface area contributed by atoms with E-state index in [4.69, 9.17) is 0 Å². The highest BCUT2D eigenvalue weighted by molar-refractivity contribution is 5.41. The number of nitrogens with one attached hydrogen (secondary N) is 2. The van der Waals surface area contributed by atoms with Crippen LogP contribution in [-0.4, -0.2) is 22.0 Å². The molecule has 0 aliphatic carbocycles. The molecule has 0 radical (unpaired) electrons. The Hall–Kier alpha value is -2.17. The fraction of sp³-hybridized carbons (Fsp3) is 0.250. The number of pyridine rings is 1. The van der Waals surface area contributed by atoms with E-state index in [9.17, 15) is 0 Å². The van der Waals surface area contributed by atoms with Crippen molar-refractivity contribution in [3.8, 4) is 0 Å². The normalized spacial score (nSPS) is 10.0. The summed E-state index contributed by atoms with van der Waals surface area (Å²) in [6.07, 6.45) is 5.23. The smallest absolute Gasteiger partial charge is 0.147 e. The zero-order chi connectivity index (χ0) is 12.1. The predicted molar refractivity (Wildman–Crippen MR) is 67.9 cm³/mol. The number of hydrogen-bond acceptors (Lipinski definition) is 5. The van der Waals surface area contributed by atoms with Gasteiger partial charge in [0.05, 0.1) is 12.4 Å². The first-order chi connectivity index (χ1) is 8.28. The van der Waals surface area contributed by atoms with E-state index in [1.54, 1.807) is 12.4 Å². The van der Waals surface area contributed by atoms with Crippen molar-refractivity contribution in [2.24, 2.45) is 0 Å². The molecule has 2 N–H and O–H groups in total. The third-order valence-electron chi connectivity index (χ3n) is 2.34. The average molecular weight is 229 g/mol. The highest BCUT2D eigenvalue weighted by Gasteiger charge is 1.97. The van der Waals surface area contributed by atoms with Gasteiger partial charge in [0.15, 0.2) is 0 Å². The minimum atomic E-state index is 0.690. The van der Waals surface area contributed by atoms with Crippen molar-refractivity contribution in [2.75, 3.05) is 17.7 Å². The minimum absolute atomic E-state index is 0.690. The van der Waals surface area contributed by atoms with E-state index in [2.05, 4.69) is 25.6 Å². The second kappa shape index (κ2) is 5.25. The molecule has 0 aromatic carbocycles. The molecule has 88 valence electrons. The van der Waals surface area contributed by atoms with Crippen LogP contribution in [0.4, 0.5) is 11.6 Å². The van der Waals surface area contributed by atoms with Gasteiger partial charge in [-0.25, -0.2) is 4.98 Å². The van der Waals surface area contributed by atoms with Crippen molar-refractivity contribution in [3.63, 3.8) is 0 Å². The quantitative estimate of drug-likeness (QED) is 0.837. The molecule has 2 rings (SSSR count). The molecule has 0 atom stereocenters. The maximum atomic E-state index is 4.32. The van der Waals surface area contributed by atoms with E-state index in [-0.39, 0.29) is 0 Å². The molecule has 2 heterocycles. The maximum absolute atomic E-state index is 4.32. The van der Waals surface area contributed by atoms with Crippen LogP contribution in [0.25, 0.3) is 0 Å². The molecule has 0 aliphatic rings. The van der Waals surface area contributed by atoms with Crippen LogP contribution in [0.1, 0.15) is 11.3 Å². The predicted octanol–water partition coefficient (Wildman–Crippen LogP) is 1.83. The number of aryl methyl sites for hydroxylation is 1. The molecule has 0 amide bonds. The monoisotopic (exact) mass is 229 g/mol. The van der Waals surface area contributed by atoms with Crippen molar-refractivity contribution in [1.82, 2.24) is 15.0 Å². The third-order valence-corrected chi connectivity index (χ3v) is 2.34. The van der Waals surface area contributed by atoms with Gasteiger partial charge in [0.2, 0.25) is 0 Å². The third kappa shape index (κ3) is 3.14. The fourth-order valence-electron chi connectivity index (χ4n) is 1.37. The Morgan fingerprint density at radius 2 is 1.94 bits per heavy atom. The fourth-order valence-corrected chi connectivity index (χ4v) is 1.37. The number of nitrogens with zero attached hydrogens (tertiary/aromatic N) is 3. The van der Waals surface area contributed by atoms with Gasteiger partial charge in [-0.2, -0.15) is 0 Å². The highest BCUT2D eigenvalue weighted by atomic mass is 15.1. The molecule has 0 saturated heterocycles. The van der Waals surface area contributed by atoms with Gasteiger partial charge in [-0.05, 0) is 18.6 Å². The molecule has 2 aromatic heterocycles. The highest BCUT2D eigenvalue weighted by Crippen LogP contribution is 2.07. The maximum Gasteiger partial charge on any atom is 0.147 e. The van der Waals surface area contributed by atoms with Crippen LogP contribution in [-0.2, 0) is 6.54 Å². The van der Waals surface area contributed by atoms with Crippen LogP contribution in [0.3, 0.4) is 0 Å². The number of rotatable bonds is 4. The van der Waals surface area contributed by atoms with E-state index in [0.717, 1.165) is 22.9 Å². The van der Waals surface area contributed by atoms with Crippen molar-refractivity contribution in [2.45, 2.75) is 13.5 Å². The zero-order valence-electron chi connectivity index (χ0n) is 9.94. The molecule has 0 saturated carbocycles. The van der Waals surface area contributed by atoms with Gasteiger partial charge in [-0.3, -0.25) is 9.97 Å². The van der Waals surface area contributed by atoms with Crippen LogP contribution in [0.15, 0.2) is 30.7 Å². The average Bonchev–Trinajstić information content (AvgIpc) is 2.38. The Balaban J connectivity index is 1.99. The van der Waals surface area contributed by atoms with Crippen LogP contribution in [0, 0.1) is 6.92 Å². The van der Waals surface area contributed by atoms with Crippen LogP contribution in [0.5, 0.6) is 0 Å². The lowest BCUT2D eigenvalue weighted by Crippen LogP contribution is -2.04. The van der Waals surface area contributed by atoms with Gasteiger partial charge < -0.3 is 10.6 Å². The van der Waals surface area contributed by atoms with Gasteiger partial charge in [0.1, 0.15) is 11.6 Å². The first-order valence-electron chi connectivity index (χ1n) is 5.43. The van der Waals surface area contributed by atoms with Gasteiger partial charge in [-0.1, -0.05) is 6.07 Å². The number of anilines is 2. The van der Waals surface area contributed by atoms with Crippen molar-refractivity contribution in [1.29, 1.82) is 0 Å². The SMILES string of the molecule is CNc1cncc(NCc2ccc(C)nc2)n1. The van der Waals surface area contributed by atoms with Crippen LogP contribution < -0.4 is 10.6 Å². The van der Waals surface area contributed by atoms with E-state index in [1.807, 2.05) is 32.3 Å². The van der Waals surface area contributed by atoms with E-state index >= 15 is 0 Å². The van der Waals surface area contributed by atoms with E-state index < -0.39 is 0 Å². The van der Waals surface area contributed by atoms with E-state index in [1.165, 1.54) is 0 Å². The molecule has 0 aliphatic heterocycles. The van der Waals surface area contributed by atoms with Gasteiger partial charge in [0.25, 0.3) is 0 Å². The molecular weight excluding hydrogens is 214 g/mol. The minimum Gasteiger partial charge on any atom is -0.372 e. The molecule has 0 unspecified atom stereocenters. The summed E-state index contributed by atoms with van der Waals surface area (Å²) in [6, 6.07) is 4.04. The Kier molecular flexibility index (Phi) is 3.49. The molecule has 5 heteroatoms. The lowest BCUT2D eigenvalue weighted by molar-refractivity contribution is 1.05. The van der Waals surface area contributed by atoms with Gasteiger partial charge in [0, 0.05) is 25.5 Å². The van der Waals surface area contributed by atoms with Crippen molar-refractivity contribution >= 4 is 11.6 Å². The Morgan fingerprint density at radius 1 is 1.12 bits per heavy atom. The van der Waals surface area contributed by atoms with Crippen LogP contribution in [0.2, 0.25) is 0 Å². The zero-order valence-corrected chi connectivity index (χ0v) is 9.94. The summed E-state index contributed by atoms with van der Waals surface area (Å²) in [5, 5.41) is 6.15. The summed E-state index contributed by atoms with van der Waals surface area (Å²) in [5.74, 6) is 1.49. The van der Waals surface area contributed by atoms with Crippen LogP contribution >= 0.6 is 0 Å². The molecular formula is C12H15N5. The number of aromatic nitrogens is 3. The second-order valence-corrected chi connectivity index (χ2v) is 3.70. The topological polar surface area (TPSA) is 62.7 Å². The number of hydrogen-bond donors (Lipinski definition) is 2. The molecule has 2 aromatic rings. The molecule has 0 bridgehead atoms. The standard InChI is InChI=1S/C12H15N5/c1-9-3-4-10(5-15-9)6-16-12-8-14-7-11(13-2)17-12/h3-5,7-8H,6H2,1-2H3,(H2,13,16,17). The summed E-state index contributed by atoms with van der Waals surface area (Å²) in [7, 11) is 1.82. The molecule has 0 fully saturated rings. The largest absolute Gasteiger partial charge is 0.372 e. The Morgan fingerprint density at radius 3 is 2.65 bits per heavy atom. The van der Waals surface area contributed by atoms with Gasteiger partial charge in [-0.15, -0.1) is 0 Å².